The van der Waals surface area contributed by atoms with Gasteiger partial charge in [-0.05, 0) is 19.9 Å². The van der Waals surface area contributed by atoms with Gasteiger partial charge >= 0.3 is 7.12 Å². The lowest BCUT2D eigenvalue weighted by Gasteiger charge is -2.13. The first-order valence-corrected chi connectivity index (χ1v) is 4.81. The highest BCUT2D eigenvalue weighted by atomic mass is 35.5. The number of hydrogen-bond donors (Lipinski definition) is 2. The van der Waals surface area contributed by atoms with Crippen LogP contribution in [0.2, 0.25) is 5.02 Å². The average Bonchev–Trinajstić information content (AvgIpc) is 2.09. The summed E-state index contributed by atoms with van der Waals surface area (Å²) in [5, 5.41) is 17.9. The van der Waals surface area contributed by atoms with E-state index in [0.717, 1.165) is 12.1 Å². The van der Waals surface area contributed by atoms with E-state index in [1.165, 1.54) is 0 Å². The molecule has 0 aliphatic heterocycles. The van der Waals surface area contributed by atoms with E-state index in [4.69, 9.17) is 26.4 Å². The second kappa shape index (κ2) is 4.83. The van der Waals surface area contributed by atoms with E-state index in [9.17, 15) is 4.39 Å². The Morgan fingerprint density at radius 3 is 2.47 bits per heavy atom. The Morgan fingerprint density at radius 1 is 1.40 bits per heavy atom. The predicted octanol–water partition coefficient (Wildman–Crippen LogP) is 0.946. The summed E-state index contributed by atoms with van der Waals surface area (Å²) in [5.41, 5.74) is -0.104. The molecule has 1 aromatic carbocycles. The van der Waals surface area contributed by atoms with Crippen LogP contribution >= 0.6 is 11.6 Å². The van der Waals surface area contributed by atoms with Gasteiger partial charge in [0.25, 0.3) is 0 Å². The first-order valence-electron chi connectivity index (χ1n) is 4.43. The van der Waals surface area contributed by atoms with E-state index >= 15 is 0 Å². The van der Waals surface area contributed by atoms with Crippen LogP contribution in [0.15, 0.2) is 12.1 Å². The van der Waals surface area contributed by atoms with E-state index in [2.05, 4.69) is 0 Å². The van der Waals surface area contributed by atoms with Gasteiger partial charge in [-0.15, -0.1) is 0 Å². The summed E-state index contributed by atoms with van der Waals surface area (Å²) in [6, 6.07) is 2.06. The van der Waals surface area contributed by atoms with Crippen molar-refractivity contribution in [1.29, 1.82) is 0 Å². The van der Waals surface area contributed by atoms with E-state index in [-0.39, 0.29) is 22.3 Å². The Morgan fingerprint density at radius 2 is 2.00 bits per heavy atom. The van der Waals surface area contributed by atoms with Crippen molar-refractivity contribution in [3.05, 3.63) is 23.0 Å². The van der Waals surface area contributed by atoms with E-state index in [1.807, 2.05) is 0 Å². The molecule has 0 fully saturated rings. The first kappa shape index (κ1) is 12.3. The summed E-state index contributed by atoms with van der Waals surface area (Å²) >= 11 is 5.81. The van der Waals surface area contributed by atoms with Gasteiger partial charge in [-0.2, -0.15) is 0 Å². The van der Waals surface area contributed by atoms with Crippen LogP contribution in [0, 0.1) is 5.82 Å². The van der Waals surface area contributed by atoms with E-state index < -0.39 is 12.9 Å². The highest BCUT2D eigenvalue weighted by Crippen LogP contribution is 2.24. The second-order valence-electron chi connectivity index (χ2n) is 3.35. The molecule has 0 heterocycles. The Labute approximate surface area is 92.6 Å². The molecule has 1 aromatic rings. The lowest BCUT2D eigenvalue weighted by atomic mass is 9.80. The molecule has 0 saturated heterocycles. The Balaban J connectivity index is 3.16. The summed E-state index contributed by atoms with van der Waals surface area (Å²) in [7, 11) is -1.82. The van der Waals surface area contributed by atoms with Crippen molar-refractivity contribution in [1.82, 2.24) is 0 Å². The fraction of sp³-hybridized carbons (Fsp3) is 0.333. The van der Waals surface area contributed by atoms with E-state index in [1.54, 1.807) is 13.8 Å². The van der Waals surface area contributed by atoms with Crippen LogP contribution in [0.25, 0.3) is 0 Å². The molecule has 6 heteroatoms. The standard InChI is InChI=1S/C9H11BClFO3/c1-5(2)15-8-4-6(12)3-7(9(8)11)10(13)14/h3-5,13-14H,1-2H3. The molecule has 2 N–H and O–H groups in total. The number of hydrogen-bond acceptors (Lipinski definition) is 3. The van der Waals surface area contributed by atoms with Crippen LogP contribution in [0.3, 0.4) is 0 Å². The Bertz CT molecular complexity index is 357. The predicted molar refractivity (Wildman–Crippen MR) is 57.0 cm³/mol. The smallest absolute Gasteiger partial charge is 0.489 e. The molecule has 0 unspecified atom stereocenters. The van der Waals surface area contributed by atoms with Crippen molar-refractivity contribution in [3.8, 4) is 5.75 Å². The van der Waals surface area contributed by atoms with Gasteiger partial charge in [0, 0.05) is 11.5 Å². The zero-order valence-electron chi connectivity index (χ0n) is 8.37. The number of rotatable bonds is 3. The van der Waals surface area contributed by atoms with Gasteiger partial charge < -0.3 is 14.8 Å². The van der Waals surface area contributed by atoms with Crippen LogP contribution in [0.4, 0.5) is 4.39 Å². The summed E-state index contributed by atoms with van der Waals surface area (Å²) in [5.74, 6) is -0.520. The fourth-order valence-corrected chi connectivity index (χ4v) is 1.36. The minimum atomic E-state index is -1.82. The quantitative estimate of drug-likeness (QED) is 0.763. The van der Waals surface area contributed by atoms with Crippen molar-refractivity contribution >= 4 is 24.2 Å². The zero-order chi connectivity index (χ0) is 11.6. The molecule has 0 atom stereocenters. The molecule has 15 heavy (non-hydrogen) atoms. The number of benzene rings is 1. The van der Waals surface area contributed by atoms with Gasteiger partial charge in [0.05, 0.1) is 11.1 Å². The monoisotopic (exact) mass is 232 g/mol. The molecule has 0 amide bonds. The topological polar surface area (TPSA) is 49.7 Å². The van der Waals surface area contributed by atoms with Crippen molar-refractivity contribution in [2.75, 3.05) is 0 Å². The molecule has 3 nitrogen and oxygen atoms in total. The van der Waals surface area contributed by atoms with Crippen LogP contribution in [-0.4, -0.2) is 23.3 Å². The van der Waals surface area contributed by atoms with Crippen LogP contribution in [-0.2, 0) is 0 Å². The van der Waals surface area contributed by atoms with Crippen molar-refractivity contribution in [2.24, 2.45) is 0 Å². The molecule has 1 rings (SSSR count). The second-order valence-corrected chi connectivity index (χ2v) is 3.73. The van der Waals surface area contributed by atoms with Crippen LogP contribution < -0.4 is 10.2 Å². The molecule has 0 saturated carbocycles. The minimum absolute atomic E-state index is 0.0140. The normalized spacial score (nSPS) is 10.6. The zero-order valence-corrected chi connectivity index (χ0v) is 9.12. The summed E-state index contributed by atoms with van der Waals surface area (Å²) in [6.07, 6.45) is -0.173. The molecule has 0 aliphatic rings. The molecule has 82 valence electrons. The third-order valence-corrected chi connectivity index (χ3v) is 2.08. The maximum atomic E-state index is 13.1. The molecular formula is C9H11BClFO3. The minimum Gasteiger partial charge on any atom is -0.489 e. The number of ether oxygens (including phenoxy) is 1. The van der Waals surface area contributed by atoms with Gasteiger partial charge in [0.1, 0.15) is 11.6 Å². The molecule has 0 radical (unpaired) electrons. The van der Waals surface area contributed by atoms with Crippen molar-refractivity contribution in [2.45, 2.75) is 20.0 Å². The van der Waals surface area contributed by atoms with Crippen LogP contribution in [0.5, 0.6) is 5.75 Å². The number of halogens is 2. The Kier molecular flexibility index (Phi) is 3.96. The maximum Gasteiger partial charge on any atom is 0.490 e. The summed E-state index contributed by atoms with van der Waals surface area (Å²) < 4.78 is 18.3. The summed E-state index contributed by atoms with van der Waals surface area (Å²) in [4.78, 5) is 0. The van der Waals surface area contributed by atoms with Gasteiger partial charge in [-0.1, -0.05) is 11.6 Å². The van der Waals surface area contributed by atoms with Gasteiger partial charge in [0.2, 0.25) is 0 Å². The highest BCUT2D eigenvalue weighted by Gasteiger charge is 2.20. The fourth-order valence-electron chi connectivity index (χ4n) is 1.11. The molecule has 0 aromatic heterocycles. The third-order valence-electron chi connectivity index (χ3n) is 1.67. The summed E-state index contributed by atoms with van der Waals surface area (Å²) in [6.45, 7) is 3.52. The van der Waals surface area contributed by atoms with Gasteiger partial charge in [-0.3, -0.25) is 0 Å². The molecule has 0 bridgehead atoms. The average molecular weight is 232 g/mol. The molecular weight excluding hydrogens is 221 g/mol. The van der Waals surface area contributed by atoms with Crippen molar-refractivity contribution in [3.63, 3.8) is 0 Å². The van der Waals surface area contributed by atoms with Crippen LogP contribution in [0.1, 0.15) is 13.8 Å². The van der Waals surface area contributed by atoms with E-state index in [0.29, 0.717) is 0 Å². The maximum absolute atomic E-state index is 13.1. The molecule has 0 aliphatic carbocycles. The third kappa shape index (κ3) is 3.09. The van der Waals surface area contributed by atoms with Gasteiger partial charge in [-0.25, -0.2) is 4.39 Å². The SMILES string of the molecule is CC(C)Oc1cc(F)cc(B(O)O)c1Cl. The first-order chi connectivity index (χ1) is 6.91. The lowest BCUT2D eigenvalue weighted by Crippen LogP contribution is -2.31. The van der Waals surface area contributed by atoms with Crippen molar-refractivity contribution < 1.29 is 19.2 Å². The Hall–Kier alpha value is -0.775. The largest absolute Gasteiger partial charge is 0.490 e. The van der Waals surface area contributed by atoms with Gasteiger partial charge in [0.15, 0.2) is 0 Å². The molecule has 0 spiro atoms. The lowest BCUT2D eigenvalue weighted by molar-refractivity contribution is 0.241. The highest BCUT2D eigenvalue weighted by molar-refractivity contribution is 6.63.